The summed E-state index contributed by atoms with van der Waals surface area (Å²) >= 11 is 3.39. The third-order valence-electron chi connectivity index (χ3n) is 3.15. The molecule has 0 fully saturated rings. The van der Waals surface area contributed by atoms with Gasteiger partial charge >= 0.3 is 5.97 Å². The van der Waals surface area contributed by atoms with Gasteiger partial charge in [0.05, 0.1) is 11.2 Å². The highest BCUT2D eigenvalue weighted by atomic mass is 79.9. The monoisotopic (exact) mass is 336 g/mol. The van der Waals surface area contributed by atoms with Gasteiger partial charge in [0.25, 0.3) is 0 Å². The lowest BCUT2D eigenvalue weighted by molar-refractivity contribution is -0.138. The van der Waals surface area contributed by atoms with E-state index in [9.17, 15) is 9.90 Å². The molecule has 0 aliphatic carbocycles. The van der Waals surface area contributed by atoms with Crippen molar-refractivity contribution in [2.24, 2.45) is 0 Å². The van der Waals surface area contributed by atoms with E-state index >= 15 is 0 Å². The van der Waals surface area contributed by atoms with Crippen LogP contribution in [0.1, 0.15) is 26.2 Å². The summed E-state index contributed by atoms with van der Waals surface area (Å²) in [7, 11) is 0. The van der Waals surface area contributed by atoms with Crippen molar-refractivity contribution in [2.75, 3.05) is 5.32 Å². The maximum Gasteiger partial charge on any atom is 0.326 e. The standard InChI is InChI=1S/C15H17BrN2O2/c1-2-3-6-13(15(19)20)18-12-7-4-5-10-8-11(16)9-17-14(10)12/h4-5,7-9,13,18H,2-3,6H2,1H3,(H,19,20). The summed E-state index contributed by atoms with van der Waals surface area (Å²) in [6.07, 6.45) is 4.19. The van der Waals surface area contributed by atoms with Crippen LogP contribution in [0.25, 0.3) is 10.9 Å². The molecule has 106 valence electrons. The molecule has 4 nitrogen and oxygen atoms in total. The van der Waals surface area contributed by atoms with Gasteiger partial charge in [0.2, 0.25) is 0 Å². The molecule has 0 saturated heterocycles. The summed E-state index contributed by atoms with van der Waals surface area (Å²) in [6, 6.07) is 7.11. The van der Waals surface area contributed by atoms with E-state index in [-0.39, 0.29) is 0 Å². The predicted octanol–water partition coefficient (Wildman–Crippen LogP) is 4.05. The average Bonchev–Trinajstić information content (AvgIpc) is 2.42. The van der Waals surface area contributed by atoms with Crippen LogP contribution in [0.15, 0.2) is 34.9 Å². The minimum atomic E-state index is -0.826. The van der Waals surface area contributed by atoms with Crippen LogP contribution < -0.4 is 5.32 Å². The fraction of sp³-hybridized carbons (Fsp3) is 0.333. The predicted molar refractivity (Wildman–Crippen MR) is 84.0 cm³/mol. The van der Waals surface area contributed by atoms with E-state index in [1.807, 2.05) is 24.3 Å². The Morgan fingerprint density at radius 2 is 2.30 bits per heavy atom. The molecular weight excluding hydrogens is 320 g/mol. The lowest BCUT2D eigenvalue weighted by Crippen LogP contribution is -2.29. The van der Waals surface area contributed by atoms with E-state index in [1.165, 1.54) is 0 Å². The summed E-state index contributed by atoms with van der Waals surface area (Å²) < 4.78 is 0.905. The molecule has 0 amide bonds. The first-order valence-corrected chi connectivity index (χ1v) is 7.44. The second-order valence-electron chi connectivity index (χ2n) is 4.71. The van der Waals surface area contributed by atoms with Gasteiger partial charge in [-0.15, -0.1) is 0 Å². The number of unbranched alkanes of at least 4 members (excludes halogenated alkanes) is 1. The lowest BCUT2D eigenvalue weighted by Gasteiger charge is -2.16. The highest BCUT2D eigenvalue weighted by Crippen LogP contribution is 2.25. The maximum absolute atomic E-state index is 11.3. The first-order valence-electron chi connectivity index (χ1n) is 6.65. The number of halogens is 1. The van der Waals surface area contributed by atoms with Crippen molar-refractivity contribution >= 4 is 38.5 Å². The molecule has 0 spiro atoms. The largest absolute Gasteiger partial charge is 0.480 e. The molecule has 2 aromatic rings. The number of rotatable bonds is 6. The zero-order chi connectivity index (χ0) is 14.5. The van der Waals surface area contributed by atoms with Gasteiger partial charge in [-0.05, 0) is 34.5 Å². The Labute approximate surface area is 126 Å². The molecule has 0 radical (unpaired) electrons. The molecule has 0 saturated carbocycles. The number of aliphatic carboxylic acids is 1. The number of carbonyl (C=O) groups is 1. The van der Waals surface area contributed by atoms with Crippen LogP contribution in [0.3, 0.4) is 0 Å². The molecule has 5 heteroatoms. The Balaban J connectivity index is 2.29. The second kappa shape index (κ2) is 6.70. The van der Waals surface area contributed by atoms with Gasteiger partial charge in [-0.3, -0.25) is 4.98 Å². The van der Waals surface area contributed by atoms with Gasteiger partial charge in [0.15, 0.2) is 0 Å². The number of carboxylic acid groups (broad SMARTS) is 1. The third-order valence-corrected chi connectivity index (χ3v) is 3.59. The molecule has 20 heavy (non-hydrogen) atoms. The summed E-state index contributed by atoms with van der Waals surface area (Å²) in [6.45, 7) is 2.05. The summed E-state index contributed by atoms with van der Waals surface area (Å²) in [4.78, 5) is 15.7. The summed E-state index contributed by atoms with van der Waals surface area (Å²) in [5.74, 6) is -0.826. The third kappa shape index (κ3) is 3.48. The van der Waals surface area contributed by atoms with Crippen molar-refractivity contribution in [2.45, 2.75) is 32.2 Å². The van der Waals surface area contributed by atoms with Gasteiger partial charge in [0.1, 0.15) is 6.04 Å². The first-order chi connectivity index (χ1) is 9.61. The van der Waals surface area contributed by atoms with Crippen LogP contribution in [-0.4, -0.2) is 22.1 Å². The van der Waals surface area contributed by atoms with Gasteiger partial charge in [-0.1, -0.05) is 31.9 Å². The number of carboxylic acids is 1. The van der Waals surface area contributed by atoms with E-state index in [4.69, 9.17) is 0 Å². The van der Waals surface area contributed by atoms with Crippen molar-refractivity contribution in [1.82, 2.24) is 4.98 Å². The van der Waals surface area contributed by atoms with E-state index in [2.05, 4.69) is 33.2 Å². The van der Waals surface area contributed by atoms with Crippen LogP contribution in [0, 0.1) is 0 Å². The number of nitrogens with one attached hydrogen (secondary N) is 1. The molecule has 0 aliphatic rings. The Bertz CT molecular complexity index is 616. The Morgan fingerprint density at radius 3 is 3.00 bits per heavy atom. The molecule has 2 N–H and O–H groups in total. The zero-order valence-corrected chi connectivity index (χ0v) is 12.9. The average molecular weight is 337 g/mol. The normalized spacial score (nSPS) is 12.3. The quantitative estimate of drug-likeness (QED) is 0.835. The molecule has 2 rings (SSSR count). The second-order valence-corrected chi connectivity index (χ2v) is 5.62. The molecule has 1 atom stereocenters. The summed E-state index contributed by atoms with van der Waals surface area (Å²) in [5, 5.41) is 13.4. The van der Waals surface area contributed by atoms with E-state index in [0.717, 1.165) is 33.9 Å². The Morgan fingerprint density at radius 1 is 1.50 bits per heavy atom. The highest BCUT2D eigenvalue weighted by Gasteiger charge is 2.17. The van der Waals surface area contributed by atoms with Crippen LogP contribution >= 0.6 is 15.9 Å². The SMILES string of the molecule is CCCCC(Nc1cccc2cc(Br)cnc12)C(=O)O. The molecule has 1 unspecified atom stereocenters. The summed E-state index contributed by atoms with van der Waals surface area (Å²) in [5.41, 5.74) is 1.55. The van der Waals surface area contributed by atoms with Crippen molar-refractivity contribution in [3.63, 3.8) is 0 Å². The smallest absolute Gasteiger partial charge is 0.326 e. The Hall–Kier alpha value is -1.62. The van der Waals surface area contributed by atoms with Crippen LogP contribution in [0.5, 0.6) is 0 Å². The molecule has 1 heterocycles. The van der Waals surface area contributed by atoms with Crippen molar-refractivity contribution in [1.29, 1.82) is 0 Å². The number of fused-ring (bicyclic) bond motifs is 1. The van der Waals surface area contributed by atoms with Crippen LogP contribution in [0.4, 0.5) is 5.69 Å². The van der Waals surface area contributed by atoms with Gasteiger partial charge in [-0.25, -0.2) is 4.79 Å². The minimum Gasteiger partial charge on any atom is -0.480 e. The number of aromatic nitrogens is 1. The van der Waals surface area contributed by atoms with Crippen LogP contribution in [-0.2, 0) is 4.79 Å². The molecular formula is C15H17BrN2O2. The van der Waals surface area contributed by atoms with E-state index in [1.54, 1.807) is 6.20 Å². The van der Waals surface area contributed by atoms with E-state index < -0.39 is 12.0 Å². The van der Waals surface area contributed by atoms with Gasteiger partial charge < -0.3 is 10.4 Å². The fourth-order valence-electron chi connectivity index (χ4n) is 2.10. The van der Waals surface area contributed by atoms with Crippen LogP contribution in [0.2, 0.25) is 0 Å². The van der Waals surface area contributed by atoms with Gasteiger partial charge in [0, 0.05) is 16.1 Å². The van der Waals surface area contributed by atoms with Crippen molar-refractivity contribution < 1.29 is 9.90 Å². The Kier molecular flexibility index (Phi) is 4.95. The minimum absolute atomic E-state index is 0.578. The molecule has 1 aromatic carbocycles. The molecule has 0 bridgehead atoms. The number of benzene rings is 1. The lowest BCUT2D eigenvalue weighted by atomic mass is 10.1. The number of pyridine rings is 1. The number of anilines is 1. The zero-order valence-electron chi connectivity index (χ0n) is 11.3. The topological polar surface area (TPSA) is 62.2 Å². The molecule has 1 aromatic heterocycles. The number of para-hydroxylation sites is 1. The van der Waals surface area contributed by atoms with Crippen molar-refractivity contribution in [3.05, 3.63) is 34.9 Å². The van der Waals surface area contributed by atoms with Crippen molar-refractivity contribution in [3.8, 4) is 0 Å². The maximum atomic E-state index is 11.3. The van der Waals surface area contributed by atoms with Gasteiger partial charge in [-0.2, -0.15) is 0 Å². The molecule has 0 aliphatic heterocycles. The first kappa shape index (κ1) is 14.8. The van der Waals surface area contributed by atoms with E-state index in [0.29, 0.717) is 6.42 Å². The highest BCUT2D eigenvalue weighted by molar-refractivity contribution is 9.10. The number of hydrogen-bond donors (Lipinski definition) is 2. The number of hydrogen-bond acceptors (Lipinski definition) is 3. The number of nitrogens with zero attached hydrogens (tertiary/aromatic N) is 1. The fourth-order valence-corrected chi connectivity index (χ4v) is 2.45.